The molecule has 2 heterocycles. The normalized spacial score (nSPS) is 23.4. The van der Waals surface area contributed by atoms with E-state index >= 15 is 0 Å². The summed E-state index contributed by atoms with van der Waals surface area (Å²) in [5, 5.41) is 2.90. The fourth-order valence-corrected chi connectivity index (χ4v) is 2.53. The van der Waals surface area contributed by atoms with Crippen LogP contribution in [0.25, 0.3) is 0 Å². The molecule has 3 rings (SSSR count). The van der Waals surface area contributed by atoms with Crippen LogP contribution < -0.4 is 10.2 Å². The third-order valence-corrected chi connectivity index (χ3v) is 3.42. The van der Waals surface area contributed by atoms with Gasteiger partial charge in [0.05, 0.1) is 17.9 Å². The summed E-state index contributed by atoms with van der Waals surface area (Å²) in [6.07, 6.45) is 1.17. The van der Waals surface area contributed by atoms with Crippen molar-refractivity contribution in [2.75, 3.05) is 18.1 Å². The number of carbonyl (C=O) groups excluding carboxylic acids is 1. The summed E-state index contributed by atoms with van der Waals surface area (Å²) in [7, 11) is 0. The minimum atomic E-state index is 0.0669. The van der Waals surface area contributed by atoms with E-state index in [9.17, 15) is 4.79 Å². The molecule has 1 atom stereocenters. The molecule has 0 saturated heterocycles. The first-order valence-corrected chi connectivity index (χ1v) is 5.43. The van der Waals surface area contributed by atoms with Crippen molar-refractivity contribution in [2.24, 2.45) is 0 Å². The Morgan fingerprint density at radius 3 is 3.20 bits per heavy atom. The Labute approximate surface area is 89.1 Å². The van der Waals surface area contributed by atoms with Crippen molar-refractivity contribution in [1.29, 1.82) is 0 Å². The van der Waals surface area contributed by atoms with Crippen molar-refractivity contribution >= 4 is 11.6 Å². The molecular formula is C12H14N2O. The van der Waals surface area contributed by atoms with Crippen LogP contribution in [0.2, 0.25) is 0 Å². The third-order valence-electron chi connectivity index (χ3n) is 3.42. The maximum absolute atomic E-state index is 11.7. The van der Waals surface area contributed by atoms with Gasteiger partial charge in [0.25, 0.3) is 5.91 Å². The van der Waals surface area contributed by atoms with Gasteiger partial charge in [-0.15, -0.1) is 0 Å². The van der Waals surface area contributed by atoms with Crippen molar-refractivity contribution in [2.45, 2.75) is 19.3 Å². The number of amides is 1. The van der Waals surface area contributed by atoms with Gasteiger partial charge in [0.15, 0.2) is 0 Å². The minimum absolute atomic E-state index is 0.0669. The predicted molar refractivity (Wildman–Crippen MR) is 59.2 cm³/mol. The molecular weight excluding hydrogens is 188 g/mol. The van der Waals surface area contributed by atoms with E-state index in [4.69, 9.17) is 0 Å². The molecule has 1 aromatic rings. The monoisotopic (exact) mass is 202 g/mol. The lowest BCUT2D eigenvalue weighted by Gasteiger charge is -2.38. The molecule has 0 spiro atoms. The molecule has 0 saturated carbocycles. The van der Waals surface area contributed by atoms with Crippen molar-refractivity contribution in [3.63, 3.8) is 0 Å². The van der Waals surface area contributed by atoms with Crippen LogP contribution in [0.15, 0.2) is 18.2 Å². The molecule has 1 N–H and O–H groups in total. The highest BCUT2D eigenvalue weighted by molar-refractivity contribution is 6.02. The van der Waals surface area contributed by atoms with E-state index in [0.29, 0.717) is 12.6 Å². The molecule has 1 unspecified atom stereocenters. The molecule has 2 aliphatic rings. The number of para-hydroxylation sites is 1. The van der Waals surface area contributed by atoms with Gasteiger partial charge in [-0.2, -0.15) is 0 Å². The zero-order valence-corrected chi connectivity index (χ0v) is 8.79. The molecule has 1 aromatic carbocycles. The molecule has 3 nitrogen and oxygen atoms in total. The van der Waals surface area contributed by atoms with Gasteiger partial charge < -0.3 is 10.2 Å². The average molecular weight is 202 g/mol. The Balaban J connectivity index is 2.24. The van der Waals surface area contributed by atoms with Crippen LogP contribution in [-0.2, 0) is 0 Å². The molecule has 15 heavy (non-hydrogen) atoms. The molecule has 0 aliphatic carbocycles. The largest absolute Gasteiger partial charge is 0.353 e. The SMILES string of the molecule is CC1CCN2CNC(=O)c3cccc1c32. The lowest BCUT2D eigenvalue weighted by Crippen LogP contribution is -2.46. The van der Waals surface area contributed by atoms with Crippen LogP contribution in [0.5, 0.6) is 0 Å². The van der Waals surface area contributed by atoms with E-state index in [0.717, 1.165) is 12.1 Å². The number of rotatable bonds is 0. The van der Waals surface area contributed by atoms with Gasteiger partial charge >= 0.3 is 0 Å². The van der Waals surface area contributed by atoms with E-state index in [2.05, 4.69) is 23.2 Å². The number of hydrogen-bond donors (Lipinski definition) is 1. The second kappa shape index (κ2) is 2.99. The fourth-order valence-electron chi connectivity index (χ4n) is 2.53. The van der Waals surface area contributed by atoms with Crippen molar-refractivity contribution in [3.8, 4) is 0 Å². The third kappa shape index (κ3) is 1.16. The van der Waals surface area contributed by atoms with Crippen LogP contribution in [0.1, 0.15) is 35.2 Å². The molecule has 0 bridgehead atoms. The first kappa shape index (κ1) is 8.77. The van der Waals surface area contributed by atoms with Gasteiger partial charge in [-0.05, 0) is 24.0 Å². The molecule has 3 heteroatoms. The molecule has 1 amide bonds. The summed E-state index contributed by atoms with van der Waals surface area (Å²) in [5.41, 5.74) is 3.33. The van der Waals surface area contributed by atoms with Gasteiger partial charge in [0.2, 0.25) is 0 Å². The Bertz CT molecular complexity index is 428. The number of carbonyl (C=O) groups is 1. The Hall–Kier alpha value is -1.51. The Kier molecular flexibility index (Phi) is 1.75. The summed E-state index contributed by atoms with van der Waals surface area (Å²) >= 11 is 0. The summed E-state index contributed by atoms with van der Waals surface area (Å²) in [6, 6.07) is 6.05. The number of nitrogens with one attached hydrogen (secondary N) is 1. The lowest BCUT2D eigenvalue weighted by atomic mass is 9.88. The zero-order valence-electron chi connectivity index (χ0n) is 8.79. The highest BCUT2D eigenvalue weighted by Gasteiger charge is 2.29. The molecule has 0 aromatic heterocycles. The number of benzene rings is 1. The molecule has 0 fully saturated rings. The van der Waals surface area contributed by atoms with Gasteiger partial charge in [-0.1, -0.05) is 19.1 Å². The van der Waals surface area contributed by atoms with E-state index < -0.39 is 0 Å². The quantitative estimate of drug-likeness (QED) is 0.694. The predicted octanol–water partition coefficient (Wildman–Crippen LogP) is 1.70. The summed E-state index contributed by atoms with van der Waals surface area (Å²) in [4.78, 5) is 14.0. The second-order valence-electron chi connectivity index (χ2n) is 4.36. The highest BCUT2D eigenvalue weighted by atomic mass is 16.2. The Morgan fingerprint density at radius 2 is 2.33 bits per heavy atom. The smallest absolute Gasteiger partial charge is 0.254 e. The van der Waals surface area contributed by atoms with Crippen LogP contribution in [-0.4, -0.2) is 19.1 Å². The van der Waals surface area contributed by atoms with E-state index in [1.165, 1.54) is 17.7 Å². The average Bonchev–Trinajstić information content (AvgIpc) is 2.27. The van der Waals surface area contributed by atoms with E-state index in [-0.39, 0.29) is 5.91 Å². The van der Waals surface area contributed by atoms with Gasteiger partial charge in [-0.3, -0.25) is 4.79 Å². The van der Waals surface area contributed by atoms with Crippen molar-refractivity contribution in [3.05, 3.63) is 29.3 Å². The summed E-state index contributed by atoms with van der Waals surface area (Å²) < 4.78 is 0. The van der Waals surface area contributed by atoms with Crippen molar-refractivity contribution in [1.82, 2.24) is 5.32 Å². The second-order valence-corrected chi connectivity index (χ2v) is 4.36. The maximum Gasteiger partial charge on any atom is 0.254 e. The van der Waals surface area contributed by atoms with Crippen LogP contribution in [0, 0.1) is 0 Å². The lowest BCUT2D eigenvalue weighted by molar-refractivity contribution is 0.0946. The number of hydrogen-bond acceptors (Lipinski definition) is 2. The van der Waals surface area contributed by atoms with Crippen LogP contribution in [0.3, 0.4) is 0 Å². The minimum Gasteiger partial charge on any atom is -0.353 e. The Morgan fingerprint density at radius 1 is 1.47 bits per heavy atom. The highest BCUT2D eigenvalue weighted by Crippen LogP contribution is 2.38. The number of nitrogens with zero attached hydrogens (tertiary/aromatic N) is 1. The first-order valence-electron chi connectivity index (χ1n) is 5.43. The van der Waals surface area contributed by atoms with Gasteiger partial charge in [0, 0.05) is 6.54 Å². The number of anilines is 1. The molecule has 78 valence electrons. The fraction of sp³-hybridized carbons (Fsp3) is 0.417. The topological polar surface area (TPSA) is 32.3 Å². The molecule has 2 aliphatic heterocycles. The van der Waals surface area contributed by atoms with E-state index in [1.54, 1.807) is 0 Å². The first-order chi connectivity index (χ1) is 7.27. The molecule has 0 radical (unpaired) electrons. The summed E-state index contributed by atoms with van der Waals surface area (Å²) in [5.74, 6) is 0.638. The van der Waals surface area contributed by atoms with E-state index in [1.807, 2.05) is 12.1 Å². The maximum atomic E-state index is 11.7. The van der Waals surface area contributed by atoms with Gasteiger partial charge in [0.1, 0.15) is 0 Å². The van der Waals surface area contributed by atoms with Crippen LogP contribution >= 0.6 is 0 Å². The standard InChI is InChI=1S/C12H14N2O/c1-8-5-6-14-7-13-12(15)10-4-2-3-9(8)11(10)14/h2-4,8H,5-7H2,1H3,(H,13,15). The summed E-state index contributed by atoms with van der Waals surface area (Å²) in [6.45, 7) is 3.94. The van der Waals surface area contributed by atoms with Crippen LogP contribution in [0.4, 0.5) is 5.69 Å². The van der Waals surface area contributed by atoms with Gasteiger partial charge in [-0.25, -0.2) is 0 Å². The van der Waals surface area contributed by atoms with Crippen molar-refractivity contribution < 1.29 is 4.79 Å². The zero-order chi connectivity index (χ0) is 10.4.